The van der Waals surface area contributed by atoms with E-state index in [9.17, 15) is 4.79 Å². The van der Waals surface area contributed by atoms with Crippen LogP contribution in [-0.4, -0.2) is 50.8 Å². The van der Waals surface area contributed by atoms with Crippen LogP contribution >= 0.6 is 11.3 Å². The Labute approximate surface area is 192 Å². The van der Waals surface area contributed by atoms with Gasteiger partial charge in [-0.3, -0.25) is 4.79 Å². The molecule has 4 aromatic rings. The normalized spacial score (nSPS) is 15.4. The number of hydrogen-bond acceptors (Lipinski definition) is 4. The molecule has 0 aliphatic carbocycles. The smallest absolute Gasteiger partial charge is 0.267 e. The van der Waals surface area contributed by atoms with Gasteiger partial charge in [0.2, 0.25) is 0 Å². The summed E-state index contributed by atoms with van der Waals surface area (Å²) in [6.07, 6.45) is 3.54. The van der Waals surface area contributed by atoms with Crippen molar-refractivity contribution in [2.24, 2.45) is 7.05 Å². The molecule has 1 aliphatic rings. The first kappa shape index (κ1) is 21.0. The number of hydrogen-bond donors (Lipinski definition) is 1. The molecule has 1 aliphatic heterocycles. The first-order valence-electron chi connectivity index (χ1n) is 11.3. The molecule has 0 bridgehead atoms. The topological polar surface area (TPSA) is 55.1 Å². The zero-order valence-corrected chi connectivity index (χ0v) is 19.4. The molecule has 0 radical (unpaired) electrons. The largest absolute Gasteiger partial charge is 0.351 e. The Bertz CT molecular complexity index is 1200. The lowest BCUT2D eigenvalue weighted by Crippen LogP contribution is -2.35. The van der Waals surface area contributed by atoms with Crippen LogP contribution in [0, 0.1) is 0 Å². The van der Waals surface area contributed by atoms with Crippen LogP contribution in [0.4, 0.5) is 0 Å². The number of carbonyl (C=O) groups is 1. The second-order valence-corrected chi connectivity index (χ2v) is 9.48. The maximum atomic E-state index is 13.1. The Morgan fingerprint density at radius 3 is 2.66 bits per heavy atom. The van der Waals surface area contributed by atoms with Gasteiger partial charge in [0.05, 0.1) is 10.6 Å². The van der Waals surface area contributed by atoms with Gasteiger partial charge >= 0.3 is 0 Å². The molecule has 6 nitrogen and oxygen atoms in total. The van der Waals surface area contributed by atoms with Crippen LogP contribution in [0.5, 0.6) is 0 Å². The Balaban J connectivity index is 1.44. The van der Waals surface area contributed by atoms with E-state index >= 15 is 0 Å². The maximum Gasteiger partial charge on any atom is 0.267 e. The molecule has 1 N–H and O–H groups in total. The molecule has 7 heteroatoms. The van der Waals surface area contributed by atoms with Gasteiger partial charge in [-0.1, -0.05) is 24.3 Å². The second-order valence-electron chi connectivity index (χ2n) is 8.54. The summed E-state index contributed by atoms with van der Waals surface area (Å²) in [5.41, 5.74) is 3.48. The van der Waals surface area contributed by atoms with Gasteiger partial charge in [0, 0.05) is 25.0 Å². The first-order chi connectivity index (χ1) is 15.6. The number of amides is 1. The number of rotatable bonds is 7. The molecule has 0 saturated carbocycles. The van der Waals surface area contributed by atoms with Crippen molar-refractivity contribution in [2.45, 2.75) is 32.2 Å². The third-order valence-corrected chi connectivity index (χ3v) is 7.33. The van der Waals surface area contributed by atoms with E-state index in [0.717, 1.165) is 33.7 Å². The van der Waals surface area contributed by atoms with Gasteiger partial charge in [0.25, 0.3) is 5.91 Å². The summed E-state index contributed by atoms with van der Waals surface area (Å²) < 4.78 is 3.91. The van der Waals surface area contributed by atoms with E-state index in [1.165, 1.54) is 25.9 Å². The Morgan fingerprint density at radius 1 is 1.16 bits per heavy atom. The molecule has 166 valence electrons. The number of para-hydroxylation sites is 1. The highest BCUT2D eigenvalue weighted by Crippen LogP contribution is 2.34. The van der Waals surface area contributed by atoms with Gasteiger partial charge in [0.15, 0.2) is 0 Å². The number of aryl methyl sites for hydroxylation is 1. The average Bonchev–Trinajstić information content (AvgIpc) is 3.59. The van der Waals surface area contributed by atoms with E-state index in [1.54, 1.807) is 11.3 Å². The zero-order valence-electron chi connectivity index (χ0n) is 18.6. The summed E-state index contributed by atoms with van der Waals surface area (Å²) >= 11 is 1.66. The molecule has 1 saturated heterocycles. The third kappa shape index (κ3) is 3.87. The fourth-order valence-corrected chi connectivity index (χ4v) is 5.36. The van der Waals surface area contributed by atoms with Crippen LogP contribution < -0.4 is 5.32 Å². The molecule has 1 aromatic carbocycles. The number of fused-ring (bicyclic) bond motifs is 1. The molecule has 0 spiro atoms. The number of nitrogens with one attached hydrogen (secondary N) is 1. The molecule has 1 amide bonds. The van der Waals surface area contributed by atoms with Gasteiger partial charge in [-0.15, -0.1) is 11.3 Å². The lowest BCUT2D eigenvalue weighted by Gasteiger charge is -2.23. The van der Waals surface area contributed by atoms with E-state index in [0.29, 0.717) is 18.3 Å². The number of thiophene rings is 1. The fraction of sp³-hybridized carbons (Fsp3) is 0.360. The SMILES string of the molecule is CC(CCNC(=O)c1cc2c(-c3cccs3)nn(-c3ccccc3)c2n1C)N1CCCC1. The lowest BCUT2D eigenvalue weighted by atomic mass is 10.2. The summed E-state index contributed by atoms with van der Waals surface area (Å²) in [4.78, 5) is 16.7. The van der Waals surface area contributed by atoms with Crippen LogP contribution in [0.25, 0.3) is 27.3 Å². The summed E-state index contributed by atoms with van der Waals surface area (Å²) in [5.74, 6) is -0.0333. The maximum absolute atomic E-state index is 13.1. The molecular formula is C25H29N5OS. The summed E-state index contributed by atoms with van der Waals surface area (Å²) in [5, 5.41) is 11.1. The molecule has 4 heterocycles. The van der Waals surface area contributed by atoms with Crippen molar-refractivity contribution in [1.29, 1.82) is 0 Å². The Hall–Kier alpha value is -2.90. The third-order valence-electron chi connectivity index (χ3n) is 6.46. The summed E-state index contributed by atoms with van der Waals surface area (Å²) in [6, 6.07) is 16.7. The van der Waals surface area contributed by atoms with Gasteiger partial charge in [-0.2, -0.15) is 5.10 Å². The van der Waals surface area contributed by atoms with Crippen molar-refractivity contribution in [3.05, 3.63) is 59.6 Å². The Kier molecular flexibility index (Phi) is 5.85. The van der Waals surface area contributed by atoms with Crippen LogP contribution in [0.3, 0.4) is 0 Å². The molecule has 5 rings (SSSR count). The summed E-state index contributed by atoms with van der Waals surface area (Å²) in [7, 11) is 1.95. The van der Waals surface area contributed by atoms with Crippen molar-refractivity contribution in [3.8, 4) is 16.3 Å². The molecule has 1 atom stereocenters. The highest BCUT2D eigenvalue weighted by molar-refractivity contribution is 7.13. The fourth-order valence-electron chi connectivity index (χ4n) is 4.64. The van der Waals surface area contributed by atoms with Crippen molar-refractivity contribution >= 4 is 28.3 Å². The van der Waals surface area contributed by atoms with Gasteiger partial charge in [-0.25, -0.2) is 4.68 Å². The first-order valence-corrected chi connectivity index (χ1v) is 12.2. The molecular weight excluding hydrogens is 418 g/mol. The van der Waals surface area contributed by atoms with Crippen LogP contribution in [0.2, 0.25) is 0 Å². The predicted octanol–water partition coefficient (Wildman–Crippen LogP) is 4.70. The van der Waals surface area contributed by atoms with Crippen molar-refractivity contribution in [3.63, 3.8) is 0 Å². The van der Waals surface area contributed by atoms with E-state index in [2.05, 4.69) is 28.6 Å². The summed E-state index contributed by atoms with van der Waals surface area (Å²) in [6.45, 7) is 5.30. The molecule has 1 unspecified atom stereocenters. The lowest BCUT2D eigenvalue weighted by molar-refractivity contribution is 0.0941. The number of nitrogens with zero attached hydrogens (tertiary/aromatic N) is 4. The Morgan fingerprint density at radius 2 is 1.94 bits per heavy atom. The van der Waals surface area contributed by atoms with Crippen LogP contribution in [0.1, 0.15) is 36.7 Å². The van der Waals surface area contributed by atoms with Crippen LogP contribution in [-0.2, 0) is 7.05 Å². The standard InChI is InChI=1S/C25H29N5OS/c1-18(29-14-6-7-15-29)12-13-26-24(31)21-17-20-23(22-11-8-16-32-22)27-30(25(20)28(21)2)19-9-4-3-5-10-19/h3-5,8-11,16-18H,6-7,12-15H2,1-2H3,(H,26,31). The monoisotopic (exact) mass is 447 g/mol. The minimum atomic E-state index is -0.0333. The van der Waals surface area contributed by atoms with E-state index in [1.807, 2.05) is 58.8 Å². The van der Waals surface area contributed by atoms with Crippen molar-refractivity contribution in [2.75, 3.05) is 19.6 Å². The van der Waals surface area contributed by atoms with E-state index < -0.39 is 0 Å². The highest BCUT2D eigenvalue weighted by atomic mass is 32.1. The highest BCUT2D eigenvalue weighted by Gasteiger charge is 2.23. The van der Waals surface area contributed by atoms with Crippen molar-refractivity contribution < 1.29 is 4.79 Å². The minimum Gasteiger partial charge on any atom is -0.351 e. The minimum absolute atomic E-state index is 0.0333. The predicted molar refractivity (Wildman–Crippen MR) is 131 cm³/mol. The molecule has 32 heavy (non-hydrogen) atoms. The van der Waals surface area contributed by atoms with Crippen molar-refractivity contribution in [1.82, 2.24) is 24.6 Å². The van der Waals surface area contributed by atoms with Gasteiger partial charge in [0.1, 0.15) is 17.0 Å². The number of benzene rings is 1. The number of likely N-dealkylation sites (tertiary alicyclic amines) is 1. The molecule has 3 aromatic heterocycles. The van der Waals surface area contributed by atoms with E-state index in [-0.39, 0.29) is 5.91 Å². The van der Waals surface area contributed by atoms with E-state index in [4.69, 9.17) is 5.10 Å². The van der Waals surface area contributed by atoms with Gasteiger partial charge in [-0.05, 0) is 68.9 Å². The second kappa shape index (κ2) is 8.92. The number of aromatic nitrogens is 3. The van der Waals surface area contributed by atoms with Crippen LogP contribution in [0.15, 0.2) is 53.9 Å². The molecule has 1 fully saturated rings. The number of carbonyl (C=O) groups excluding carboxylic acids is 1. The zero-order chi connectivity index (χ0) is 22.1. The van der Waals surface area contributed by atoms with Gasteiger partial charge < -0.3 is 14.8 Å². The average molecular weight is 448 g/mol. The quantitative estimate of drug-likeness (QED) is 0.447.